The van der Waals surface area contributed by atoms with E-state index in [1.165, 1.54) is 24.1 Å². The average Bonchev–Trinajstić information content (AvgIpc) is 2.64. The van der Waals surface area contributed by atoms with Crippen LogP contribution in [0.2, 0.25) is 0 Å². The zero-order valence-electron chi connectivity index (χ0n) is 10.5. The van der Waals surface area contributed by atoms with Gasteiger partial charge in [-0.15, -0.1) is 0 Å². The van der Waals surface area contributed by atoms with Gasteiger partial charge in [-0.3, -0.25) is 9.52 Å². The second kappa shape index (κ2) is 4.78. The summed E-state index contributed by atoms with van der Waals surface area (Å²) in [6.45, 7) is 2.25. The molecule has 0 spiro atoms. The Kier molecular flexibility index (Phi) is 3.46. The number of rotatable bonds is 4. The van der Waals surface area contributed by atoms with E-state index < -0.39 is 16.0 Å². The van der Waals surface area contributed by atoms with Crippen molar-refractivity contribution in [2.75, 3.05) is 23.2 Å². The first kappa shape index (κ1) is 13.8. The molecule has 104 valence electrons. The number of hydrogen-bond donors (Lipinski definition) is 2. The first-order valence-corrected chi connectivity index (χ1v) is 7.20. The molecule has 6 nitrogen and oxygen atoms in total. The maximum absolute atomic E-state index is 13.9. The Morgan fingerprint density at radius 3 is 2.68 bits per heavy atom. The molecule has 0 aliphatic carbocycles. The van der Waals surface area contributed by atoms with Crippen LogP contribution in [0, 0.1) is 5.82 Å². The smallest absolute Gasteiger partial charge is 0.298 e. The van der Waals surface area contributed by atoms with E-state index in [0.717, 1.165) is 0 Å². The SMILES string of the molecule is CCN1C(=O)Cc2cc(NS(=O)(=O)NC)c(F)cc21. The Morgan fingerprint density at radius 1 is 1.42 bits per heavy atom. The van der Waals surface area contributed by atoms with Crippen LogP contribution in [-0.2, 0) is 21.4 Å². The average molecular weight is 287 g/mol. The van der Waals surface area contributed by atoms with Gasteiger partial charge in [0.25, 0.3) is 10.2 Å². The van der Waals surface area contributed by atoms with E-state index in [0.29, 0.717) is 17.8 Å². The summed E-state index contributed by atoms with van der Waals surface area (Å²) < 4.78 is 40.6. The number of hydrogen-bond acceptors (Lipinski definition) is 3. The van der Waals surface area contributed by atoms with E-state index in [2.05, 4.69) is 4.72 Å². The number of likely N-dealkylation sites (N-methyl/N-ethyl adjacent to an activating group) is 1. The van der Waals surface area contributed by atoms with Crippen LogP contribution < -0.4 is 14.3 Å². The van der Waals surface area contributed by atoms with Crippen molar-refractivity contribution in [3.8, 4) is 0 Å². The molecule has 1 aliphatic rings. The fourth-order valence-corrected chi connectivity index (χ4v) is 2.56. The van der Waals surface area contributed by atoms with Crippen LogP contribution in [0.5, 0.6) is 0 Å². The van der Waals surface area contributed by atoms with Gasteiger partial charge in [-0.25, -0.2) is 9.11 Å². The van der Waals surface area contributed by atoms with Gasteiger partial charge in [0.05, 0.1) is 17.8 Å². The Bertz CT molecular complexity index is 630. The van der Waals surface area contributed by atoms with Crippen molar-refractivity contribution in [3.63, 3.8) is 0 Å². The summed E-state index contributed by atoms with van der Waals surface area (Å²) in [6.07, 6.45) is 0.151. The molecule has 2 rings (SSSR count). The zero-order valence-corrected chi connectivity index (χ0v) is 11.3. The van der Waals surface area contributed by atoms with Gasteiger partial charge in [-0.1, -0.05) is 0 Å². The molecule has 2 N–H and O–H groups in total. The number of benzene rings is 1. The summed E-state index contributed by atoms with van der Waals surface area (Å²) in [5.74, 6) is -0.837. The highest BCUT2D eigenvalue weighted by Crippen LogP contribution is 2.33. The van der Waals surface area contributed by atoms with Crippen LogP contribution in [0.1, 0.15) is 12.5 Å². The standard InChI is InChI=1S/C11H14FN3O3S/c1-3-15-10-6-8(12)9(14-19(17,18)13-2)4-7(10)5-11(15)16/h4,6,13-14H,3,5H2,1-2H3. The summed E-state index contributed by atoms with van der Waals surface area (Å²) in [5, 5.41) is 0. The molecule has 0 radical (unpaired) electrons. The maximum Gasteiger partial charge on any atom is 0.298 e. The molecule has 0 unspecified atom stereocenters. The second-order valence-electron chi connectivity index (χ2n) is 4.09. The molecule has 8 heteroatoms. The third-order valence-corrected chi connectivity index (χ3v) is 3.96. The summed E-state index contributed by atoms with van der Waals surface area (Å²) in [5.41, 5.74) is 0.943. The van der Waals surface area contributed by atoms with Crippen LogP contribution in [-0.4, -0.2) is 27.9 Å². The highest BCUT2D eigenvalue weighted by molar-refractivity contribution is 7.90. The van der Waals surface area contributed by atoms with Crippen LogP contribution in [0.4, 0.5) is 15.8 Å². The van der Waals surface area contributed by atoms with Gasteiger partial charge in [0.1, 0.15) is 5.82 Å². The quantitative estimate of drug-likeness (QED) is 0.851. The lowest BCUT2D eigenvalue weighted by molar-refractivity contribution is -0.117. The molecule has 1 amide bonds. The number of fused-ring (bicyclic) bond motifs is 1. The number of carbonyl (C=O) groups excluding carboxylic acids is 1. The number of nitrogens with one attached hydrogen (secondary N) is 2. The van der Waals surface area contributed by atoms with E-state index in [1.54, 1.807) is 6.92 Å². The first-order chi connectivity index (χ1) is 8.88. The van der Waals surface area contributed by atoms with Crippen molar-refractivity contribution in [2.24, 2.45) is 0 Å². The molecule has 1 aromatic rings. The molecule has 0 saturated heterocycles. The topological polar surface area (TPSA) is 78.5 Å². The highest BCUT2D eigenvalue weighted by Gasteiger charge is 2.28. The Balaban J connectivity index is 2.42. The van der Waals surface area contributed by atoms with Crippen molar-refractivity contribution >= 4 is 27.5 Å². The second-order valence-corrected chi connectivity index (χ2v) is 5.70. The molecular weight excluding hydrogens is 273 g/mol. The summed E-state index contributed by atoms with van der Waals surface area (Å²) >= 11 is 0. The highest BCUT2D eigenvalue weighted by atomic mass is 32.2. The Labute approximate surface area is 110 Å². The third-order valence-electron chi connectivity index (χ3n) is 2.93. The van der Waals surface area contributed by atoms with Crippen LogP contribution in [0.25, 0.3) is 0 Å². The van der Waals surface area contributed by atoms with Gasteiger partial charge in [0, 0.05) is 19.7 Å². The van der Waals surface area contributed by atoms with E-state index in [4.69, 9.17) is 0 Å². The monoisotopic (exact) mass is 287 g/mol. The van der Waals surface area contributed by atoms with Crippen molar-refractivity contribution in [3.05, 3.63) is 23.5 Å². The number of carbonyl (C=O) groups is 1. The Hall–Kier alpha value is -1.67. The first-order valence-electron chi connectivity index (χ1n) is 5.72. The minimum Gasteiger partial charge on any atom is -0.312 e. The van der Waals surface area contributed by atoms with Crippen LogP contribution in [0.15, 0.2) is 12.1 Å². The van der Waals surface area contributed by atoms with Gasteiger partial charge in [-0.2, -0.15) is 8.42 Å². The molecule has 0 atom stereocenters. The maximum atomic E-state index is 13.9. The molecule has 1 aliphatic heterocycles. The van der Waals surface area contributed by atoms with E-state index >= 15 is 0 Å². The van der Waals surface area contributed by atoms with Crippen molar-refractivity contribution in [1.29, 1.82) is 0 Å². The predicted octanol–water partition coefficient (Wildman–Crippen LogP) is 0.611. The predicted molar refractivity (Wildman–Crippen MR) is 69.7 cm³/mol. The van der Waals surface area contributed by atoms with Crippen molar-refractivity contribution in [1.82, 2.24) is 4.72 Å². The summed E-state index contributed by atoms with van der Waals surface area (Å²) in [6, 6.07) is 2.53. The number of amides is 1. The lowest BCUT2D eigenvalue weighted by atomic mass is 10.1. The summed E-state index contributed by atoms with van der Waals surface area (Å²) in [4.78, 5) is 13.1. The zero-order chi connectivity index (χ0) is 14.2. The molecular formula is C11H14FN3O3S. The molecule has 1 aromatic carbocycles. The Morgan fingerprint density at radius 2 is 2.11 bits per heavy atom. The summed E-state index contributed by atoms with van der Waals surface area (Å²) in [7, 11) is -2.57. The number of nitrogens with zero attached hydrogens (tertiary/aromatic N) is 1. The number of halogens is 1. The molecule has 1 heterocycles. The van der Waals surface area contributed by atoms with Gasteiger partial charge < -0.3 is 4.90 Å². The van der Waals surface area contributed by atoms with Gasteiger partial charge in [-0.05, 0) is 18.6 Å². The largest absolute Gasteiger partial charge is 0.312 e. The van der Waals surface area contributed by atoms with Crippen molar-refractivity contribution in [2.45, 2.75) is 13.3 Å². The fourth-order valence-electron chi connectivity index (χ4n) is 2.01. The van der Waals surface area contributed by atoms with Gasteiger partial charge in [0.15, 0.2) is 0 Å². The van der Waals surface area contributed by atoms with E-state index in [1.807, 2.05) is 4.72 Å². The number of anilines is 2. The molecule has 0 aromatic heterocycles. The molecule has 0 bridgehead atoms. The van der Waals surface area contributed by atoms with Gasteiger partial charge in [0.2, 0.25) is 5.91 Å². The molecule has 19 heavy (non-hydrogen) atoms. The lowest BCUT2D eigenvalue weighted by Crippen LogP contribution is -2.27. The van der Waals surface area contributed by atoms with Crippen LogP contribution in [0.3, 0.4) is 0 Å². The van der Waals surface area contributed by atoms with E-state index in [9.17, 15) is 17.6 Å². The normalized spacial score (nSPS) is 14.7. The van der Waals surface area contributed by atoms with Crippen molar-refractivity contribution < 1.29 is 17.6 Å². The van der Waals surface area contributed by atoms with Crippen LogP contribution >= 0.6 is 0 Å². The molecule has 0 fully saturated rings. The lowest BCUT2D eigenvalue weighted by Gasteiger charge is -2.15. The van der Waals surface area contributed by atoms with E-state index in [-0.39, 0.29) is 18.0 Å². The van der Waals surface area contributed by atoms with Gasteiger partial charge >= 0.3 is 0 Å². The fraction of sp³-hybridized carbons (Fsp3) is 0.364. The minimum absolute atomic E-state index is 0.120. The molecule has 0 saturated carbocycles. The minimum atomic E-state index is -3.78. The third kappa shape index (κ3) is 2.54.